The third kappa shape index (κ3) is 5.24. The molecule has 2 nitrogen and oxygen atoms in total. The first kappa shape index (κ1) is 16.2. The summed E-state index contributed by atoms with van der Waals surface area (Å²) in [5.74, 6) is 0.308. The zero-order valence-electron chi connectivity index (χ0n) is 11.9. The molecule has 2 aromatic rings. The third-order valence-corrected chi connectivity index (χ3v) is 4.05. The molecule has 21 heavy (non-hydrogen) atoms. The Bertz CT molecular complexity index is 584. The highest BCUT2D eigenvalue weighted by Crippen LogP contribution is 2.21. The van der Waals surface area contributed by atoms with Gasteiger partial charge in [0.15, 0.2) is 0 Å². The number of rotatable bonds is 6. The second-order valence-corrected chi connectivity index (χ2v) is 6.07. The lowest BCUT2D eigenvalue weighted by Gasteiger charge is -2.14. The number of benzene rings is 2. The highest BCUT2D eigenvalue weighted by atomic mass is 35.5. The zero-order chi connectivity index (χ0) is 15.2. The van der Waals surface area contributed by atoms with Gasteiger partial charge in [-0.2, -0.15) is 0 Å². The van der Waals surface area contributed by atoms with Gasteiger partial charge in [0.2, 0.25) is 0 Å². The first-order valence-corrected chi connectivity index (χ1v) is 7.75. The summed E-state index contributed by atoms with van der Waals surface area (Å²) in [7, 11) is 0. The SMILES string of the molecule is C[C@@H](CCc1ccc(O)cc1)NCc1ccc(Cl)cc1Cl. The molecule has 0 aliphatic carbocycles. The summed E-state index contributed by atoms with van der Waals surface area (Å²) in [6, 6.07) is 13.3. The number of halogens is 2. The summed E-state index contributed by atoms with van der Waals surface area (Å²) >= 11 is 12.0. The fraction of sp³-hybridized carbons (Fsp3) is 0.294. The molecule has 0 amide bonds. The maximum Gasteiger partial charge on any atom is 0.115 e. The molecule has 0 spiro atoms. The van der Waals surface area contributed by atoms with E-state index < -0.39 is 0 Å². The van der Waals surface area contributed by atoms with Crippen LogP contribution in [-0.4, -0.2) is 11.1 Å². The summed E-state index contributed by atoms with van der Waals surface area (Å²) < 4.78 is 0. The predicted molar refractivity (Wildman–Crippen MR) is 89.2 cm³/mol. The Hall–Kier alpha value is -1.22. The van der Waals surface area contributed by atoms with Crippen molar-refractivity contribution >= 4 is 23.2 Å². The number of hydrogen-bond acceptors (Lipinski definition) is 2. The molecule has 0 unspecified atom stereocenters. The molecule has 2 rings (SSSR count). The van der Waals surface area contributed by atoms with Crippen LogP contribution in [0.2, 0.25) is 10.0 Å². The van der Waals surface area contributed by atoms with Crippen LogP contribution in [0.25, 0.3) is 0 Å². The third-order valence-electron chi connectivity index (χ3n) is 3.46. The van der Waals surface area contributed by atoms with E-state index in [4.69, 9.17) is 23.2 Å². The minimum Gasteiger partial charge on any atom is -0.508 e. The number of nitrogens with one attached hydrogen (secondary N) is 1. The van der Waals surface area contributed by atoms with Crippen molar-refractivity contribution < 1.29 is 5.11 Å². The van der Waals surface area contributed by atoms with Crippen molar-refractivity contribution in [3.05, 3.63) is 63.6 Å². The van der Waals surface area contributed by atoms with E-state index in [1.165, 1.54) is 5.56 Å². The van der Waals surface area contributed by atoms with Crippen LogP contribution in [0.15, 0.2) is 42.5 Å². The van der Waals surface area contributed by atoms with Gasteiger partial charge in [-0.05, 0) is 55.2 Å². The van der Waals surface area contributed by atoms with Crippen molar-refractivity contribution in [3.63, 3.8) is 0 Å². The van der Waals surface area contributed by atoms with Gasteiger partial charge in [-0.1, -0.05) is 41.4 Å². The monoisotopic (exact) mass is 323 g/mol. The molecule has 4 heteroatoms. The van der Waals surface area contributed by atoms with Gasteiger partial charge in [-0.3, -0.25) is 0 Å². The fourth-order valence-corrected chi connectivity index (χ4v) is 2.57. The van der Waals surface area contributed by atoms with Crippen LogP contribution >= 0.6 is 23.2 Å². The van der Waals surface area contributed by atoms with Crippen molar-refractivity contribution in [2.24, 2.45) is 0 Å². The number of phenols is 1. The van der Waals surface area contributed by atoms with Crippen LogP contribution < -0.4 is 5.32 Å². The molecule has 0 bridgehead atoms. The molecular weight excluding hydrogens is 305 g/mol. The van der Waals surface area contributed by atoms with E-state index in [-0.39, 0.29) is 0 Å². The highest BCUT2D eigenvalue weighted by molar-refractivity contribution is 6.35. The van der Waals surface area contributed by atoms with Crippen molar-refractivity contribution in [2.45, 2.75) is 32.4 Å². The lowest BCUT2D eigenvalue weighted by atomic mass is 10.1. The van der Waals surface area contributed by atoms with E-state index in [2.05, 4.69) is 12.2 Å². The summed E-state index contributed by atoms with van der Waals surface area (Å²) in [4.78, 5) is 0. The van der Waals surface area contributed by atoms with E-state index in [1.54, 1.807) is 18.2 Å². The van der Waals surface area contributed by atoms with Crippen molar-refractivity contribution in [1.82, 2.24) is 5.32 Å². The summed E-state index contributed by atoms with van der Waals surface area (Å²) in [5.41, 5.74) is 2.28. The van der Waals surface area contributed by atoms with Crippen LogP contribution in [0, 0.1) is 0 Å². The van der Waals surface area contributed by atoms with Gasteiger partial charge in [-0.15, -0.1) is 0 Å². The van der Waals surface area contributed by atoms with E-state index in [1.807, 2.05) is 24.3 Å². The quantitative estimate of drug-likeness (QED) is 0.799. The Morgan fingerprint density at radius 2 is 1.81 bits per heavy atom. The zero-order valence-corrected chi connectivity index (χ0v) is 13.5. The van der Waals surface area contributed by atoms with Gasteiger partial charge < -0.3 is 10.4 Å². The van der Waals surface area contributed by atoms with Gasteiger partial charge in [0.05, 0.1) is 0 Å². The Labute approximate surface area is 135 Å². The minimum atomic E-state index is 0.308. The van der Waals surface area contributed by atoms with Gasteiger partial charge in [0, 0.05) is 22.6 Å². The van der Waals surface area contributed by atoms with Crippen LogP contribution in [-0.2, 0) is 13.0 Å². The van der Waals surface area contributed by atoms with Crippen LogP contribution in [0.3, 0.4) is 0 Å². The summed E-state index contributed by atoms with van der Waals surface area (Å²) in [6.07, 6.45) is 2.00. The van der Waals surface area contributed by atoms with Gasteiger partial charge in [0.25, 0.3) is 0 Å². The number of phenolic OH excluding ortho intramolecular Hbond substituents is 1. The molecule has 0 aliphatic heterocycles. The van der Waals surface area contributed by atoms with Crippen LogP contribution in [0.1, 0.15) is 24.5 Å². The van der Waals surface area contributed by atoms with E-state index in [0.717, 1.165) is 24.9 Å². The standard InChI is InChI=1S/C17H19Cl2NO/c1-12(2-3-13-4-8-16(21)9-5-13)20-11-14-6-7-15(18)10-17(14)19/h4-10,12,20-21H,2-3,11H2,1H3/t12-/m0/s1. The average molecular weight is 324 g/mol. The van der Waals surface area contributed by atoms with Crippen molar-refractivity contribution in [3.8, 4) is 5.75 Å². The van der Waals surface area contributed by atoms with Crippen LogP contribution in [0.4, 0.5) is 0 Å². The van der Waals surface area contributed by atoms with Gasteiger partial charge in [-0.25, -0.2) is 0 Å². The maximum atomic E-state index is 9.26. The molecule has 2 aromatic carbocycles. The van der Waals surface area contributed by atoms with E-state index in [9.17, 15) is 5.11 Å². The average Bonchev–Trinajstić information content (AvgIpc) is 2.46. The molecule has 1 atom stereocenters. The molecule has 0 saturated carbocycles. The first-order chi connectivity index (χ1) is 10.0. The van der Waals surface area contributed by atoms with Gasteiger partial charge >= 0.3 is 0 Å². The lowest BCUT2D eigenvalue weighted by Crippen LogP contribution is -2.26. The molecular formula is C17H19Cl2NO. The molecule has 0 saturated heterocycles. The van der Waals surface area contributed by atoms with Crippen LogP contribution in [0.5, 0.6) is 5.75 Å². The molecule has 0 fully saturated rings. The smallest absolute Gasteiger partial charge is 0.115 e. The molecule has 0 heterocycles. The Morgan fingerprint density at radius 1 is 1.10 bits per heavy atom. The number of aryl methyl sites for hydroxylation is 1. The second-order valence-electron chi connectivity index (χ2n) is 5.22. The summed E-state index contributed by atoms with van der Waals surface area (Å²) in [5, 5.41) is 14.1. The number of aromatic hydroxyl groups is 1. The largest absolute Gasteiger partial charge is 0.508 e. The molecule has 0 aliphatic rings. The highest BCUT2D eigenvalue weighted by Gasteiger charge is 2.05. The maximum absolute atomic E-state index is 9.26. The molecule has 112 valence electrons. The lowest BCUT2D eigenvalue weighted by molar-refractivity contribution is 0.474. The first-order valence-electron chi connectivity index (χ1n) is 7.00. The van der Waals surface area contributed by atoms with E-state index >= 15 is 0 Å². The molecule has 2 N–H and O–H groups in total. The molecule has 0 radical (unpaired) electrons. The number of hydrogen-bond donors (Lipinski definition) is 2. The Kier molecular flexibility index (Phi) is 5.92. The van der Waals surface area contributed by atoms with Crippen molar-refractivity contribution in [2.75, 3.05) is 0 Å². The van der Waals surface area contributed by atoms with Crippen molar-refractivity contribution in [1.29, 1.82) is 0 Å². The normalized spacial score (nSPS) is 12.3. The summed E-state index contributed by atoms with van der Waals surface area (Å²) in [6.45, 7) is 2.89. The Balaban J connectivity index is 1.79. The molecule has 0 aromatic heterocycles. The second kappa shape index (κ2) is 7.69. The fourth-order valence-electron chi connectivity index (χ4n) is 2.10. The topological polar surface area (TPSA) is 32.3 Å². The Morgan fingerprint density at radius 3 is 2.48 bits per heavy atom. The van der Waals surface area contributed by atoms with E-state index in [0.29, 0.717) is 21.8 Å². The minimum absolute atomic E-state index is 0.308. The predicted octanol–water partition coefficient (Wildman–Crippen LogP) is 4.81. The van der Waals surface area contributed by atoms with Gasteiger partial charge in [0.1, 0.15) is 5.75 Å².